The van der Waals surface area contributed by atoms with Crippen LogP contribution in [0.15, 0.2) is 6.07 Å². The number of thiophene rings is 1. The Morgan fingerprint density at radius 2 is 1.91 bits per heavy atom. The van der Waals surface area contributed by atoms with Crippen LogP contribution in [-0.2, 0) is 12.8 Å². The standard InChI is InChI=1S/C17H24N2OS.ClH/c1-19(14-9-12-6-7-13(10-14)18-12)17(20)16-8-11-4-2-3-5-15(11)21-16;/h8,12-14,18H,2-7,9-10H2,1H3;1H. The maximum Gasteiger partial charge on any atom is 0.263 e. The molecule has 3 nitrogen and oxygen atoms in total. The van der Waals surface area contributed by atoms with Gasteiger partial charge in [0.2, 0.25) is 0 Å². The molecule has 2 unspecified atom stereocenters. The fraction of sp³-hybridized carbons (Fsp3) is 0.706. The summed E-state index contributed by atoms with van der Waals surface area (Å²) in [5, 5.41) is 3.66. The van der Waals surface area contributed by atoms with Gasteiger partial charge in [-0.25, -0.2) is 0 Å². The average molecular weight is 341 g/mol. The van der Waals surface area contributed by atoms with Crippen molar-refractivity contribution in [2.24, 2.45) is 0 Å². The maximum absolute atomic E-state index is 12.8. The molecule has 2 atom stereocenters. The maximum atomic E-state index is 12.8. The Morgan fingerprint density at radius 3 is 2.59 bits per heavy atom. The van der Waals surface area contributed by atoms with E-state index in [1.807, 2.05) is 11.9 Å². The number of piperidine rings is 1. The molecule has 0 saturated carbocycles. The van der Waals surface area contributed by atoms with E-state index >= 15 is 0 Å². The Labute approximate surface area is 142 Å². The van der Waals surface area contributed by atoms with E-state index in [4.69, 9.17) is 0 Å². The van der Waals surface area contributed by atoms with Crippen LogP contribution in [0.25, 0.3) is 0 Å². The zero-order valence-corrected chi connectivity index (χ0v) is 14.8. The van der Waals surface area contributed by atoms with Crippen LogP contribution in [0, 0.1) is 0 Å². The van der Waals surface area contributed by atoms with Crippen molar-refractivity contribution in [3.8, 4) is 0 Å². The van der Waals surface area contributed by atoms with Crippen molar-refractivity contribution in [3.05, 3.63) is 21.4 Å². The summed E-state index contributed by atoms with van der Waals surface area (Å²) in [6.07, 6.45) is 9.75. The number of nitrogens with zero attached hydrogens (tertiary/aromatic N) is 1. The van der Waals surface area contributed by atoms with Crippen LogP contribution in [0.1, 0.15) is 58.6 Å². The van der Waals surface area contributed by atoms with E-state index in [1.54, 1.807) is 11.3 Å². The van der Waals surface area contributed by atoms with Crippen molar-refractivity contribution in [1.82, 2.24) is 10.2 Å². The van der Waals surface area contributed by atoms with Gasteiger partial charge in [0.25, 0.3) is 5.91 Å². The minimum absolute atomic E-state index is 0. The van der Waals surface area contributed by atoms with Crippen molar-refractivity contribution >= 4 is 29.7 Å². The van der Waals surface area contributed by atoms with Crippen molar-refractivity contribution < 1.29 is 4.79 Å². The van der Waals surface area contributed by atoms with Gasteiger partial charge >= 0.3 is 0 Å². The number of halogens is 1. The van der Waals surface area contributed by atoms with Crippen molar-refractivity contribution in [2.75, 3.05) is 7.05 Å². The largest absolute Gasteiger partial charge is 0.338 e. The van der Waals surface area contributed by atoms with E-state index in [2.05, 4.69) is 11.4 Å². The lowest BCUT2D eigenvalue weighted by atomic mass is 9.98. The second-order valence-corrected chi connectivity index (χ2v) is 8.08. The second kappa shape index (κ2) is 6.50. The van der Waals surface area contributed by atoms with Gasteiger partial charge in [-0.2, -0.15) is 0 Å². The summed E-state index contributed by atoms with van der Waals surface area (Å²) in [6, 6.07) is 3.88. The zero-order valence-electron chi connectivity index (χ0n) is 13.1. The van der Waals surface area contributed by atoms with Crippen LogP contribution in [0.5, 0.6) is 0 Å². The number of hydrogen-bond acceptors (Lipinski definition) is 3. The molecule has 1 amide bonds. The van der Waals surface area contributed by atoms with Gasteiger partial charge in [0.1, 0.15) is 0 Å². The Kier molecular flexibility index (Phi) is 4.81. The average Bonchev–Trinajstić information content (AvgIpc) is 3.08. The third-order valence-electron chi connectivity index (χ3n) is 5.52. The van der Waals surface area contributed by atoms with E-state index in [9.17, 15) is 4.79 Å². The molecule has 2 bridgehead atoms. The molecule has 3 aliphatic rings. The predicted octanol–water partition coefficient (Wildman–Crippen LogP) is 3.40. The molecule has 2 fully saturated rings. The molecule has 1 aromatic rings. The van der Waals surface area contributed by atoms with Gasteiger partial charge in [-0.15, -0.1) is 23.7 Å². The highest BCUT2D eigenvalue weighted by Crippen LogP contribution is 2.33. The number of nitrogens with one attached hydrogen (secondary N) is 1. The number of carbonyl (C=O) groups is 1. The fourth-order valence-electron chi connectivity index (χ4n) is 4.28. The van der Waals surface area contributed by atoms with Gasteiger partial charge in [-0.1, -0.05) is 0 Å². The van der Waals surface area contributed by atoms with Gasteiger partial charge in [0, 0.05) is 30.1 Å². The Balaban J connectivity index is 0.00000144. The molecule has 22 heavy (non-hydrogen) atoms. The number of fused-ring (bicyclic) bond motifs is 3. The van der Waals surface area contributed by atoms with E-state index in [0.717, 1.165) is 17.7 Å². The Morgan fingerprint density at radius 1 is 1.23 bits per heavy atom. The third kappa shape index (κ3) is 2.93. The number of rotatable bonds is 2. The monoisotopic (exact) mass is 340 g/mol. The first-order chi connectivity index (χ1) is 10.2. The van der Waals surface area contributed by atoms with Gasteiger partial charge in [-0.05, 0) is 63.0 Å². The Hall–Kier alpha value is -0.580. The van der Waals surface area contributed by atoms with Crippen LogP contribution in [0.3, 0.4) is 0 Å². The molecule has 2 aliphatic heterocycles. The molecule has 5 heteroatoms. The summed E-state index contributed by atoms with van der Waals surface area (Å²) in [5.74, 6) is 0.251. The number of hydrogen-bond donors (Lipinski definition) is 1. The topological polar surface area (TPSA) is 32.3 Å². The van der Waals surface area contributed by atoms with Gasteiger partial charge < -0.3 is 10.2 Å². The van der Waals surface area contributed by atoms with Crippen LogP contribution < -0.4 is 5.32 Å². The lowest BCUT2D eigenvalue weighted by Gasteiger charge is -2.35. The molecule has 3 heterocycles. The fourth-order valence-corrected chi connectivity index (χ4v) is 5.52. The minimum Gasteiger partial charge on any atom is -0.338 e. The third-order valence-corrected chi connectivity index (χ3v) is 6.75. The van der Waals surface area contributed by atoms with Gasteiger partial charge in [0.05, 0.1) is 4.88 Å². The van der Waals surface area contributed by atoms with Crippen molar-refractivity contribution in [3.63, 3.8) is 0 Å². The van der Waals surface area contributed by atoms with Gasteiger partial charge in [0.15, 0.2) is 0 Å². The molecule has 0 aromatic carbocycles. The van der Waals surface area contributed by atoms with Crippen LogP contribution in [0.2, 0.25) is 0 Å². The molecule has 1 aliphatic carbocycles. The normalized spacial score (nSPS) is 29.6. The van der Waals surface area contributed by atoms with E-state index < -0.39 is 0 Å². The van der Waals surface area contributed by atoms with E-state index in [0.29, 0.717) is 18.1 Å². The highest BCUT2D eigenvalue weighted by Gasteiger charge is 2.36. The van der Waals surface area contributed by atoms with Gasteiger partial charge in [-0.3, -0.25) is 4.79 Å². The van der Waals surface area contributed by atoms with Crippen LogP contribution in [0.4, 0.5) is 0 Å². The lowest BCUT2D eigenvalue weighted by Crippen LogP contribution is -2.48. The Bertz CT molecular complexity index is 523. The van der Waals surface area contributed by atoms with E-state index in [-0.39, 0.29) is 18.3 Å². The summed E-state index contributed by atoms with van der Waals surface area (Å²) in [4.78, 5) is 17.3. The van der Waals surface area contributed by atoms with Crippen molar-refractivity contribution in [2.45, 2.75) is 69.5 Å². The molecule has 1 N–H and O–H groups in total. The molecule has 4 rings (SSSR count). The first-order valence-corrected chi connectivity index (χ1v) is 9.17. The molecule has 122 valence electrons. The molecule has 1 aromatic heterocycles. The molecular weight excluding hydrogens is 316 g/mol. The number of aryl methyl sites for hydroxylation is 2. The summed E-state index contributed by atoms with van der Waals surface area (Å²) in [6.45, 7) is 0. The highest BCUT2D eigenvalue weighted by atomic mass is 35.5. The number of amides is 1. The summed E-state index contributed by atoms with van der Waals surface area (Å²) in [5.41, 5.74) is 1.44. The smallest absolute Gasteiger partial charge is 0.263 e. The summed E-state index contributed by atoms with van der Waals surface area (Å²) >= 11 is 1.75. The lowest BCUT2D eigenvalue weighted by molar-refractivity contribution is 0.0686. The molecule has 0 spiro atoms. The first-order valence-electron chi connectivity index (χ1n) is 8.35. The quantitative estimate of drug-likeness (QED) is 0.894. The summed E-state index contributed by atoms with van der Waals surface area (Å²) < 4.78 is 0. The summed E-state index contributed by atoms with van der Waals surface area (Å²) in [7, 11) is 2.01. The molecular formula is C17H25ClN2OS. The SMILES string of the molecule is CN(C(=O)c1cc2c(s1)CCCC2)C1CC2CCC(C1)N2.Cl. The second-order valence-electron chi connectivity index (χ2n) is 6.95. The zero-order chi connectivity index (χ0) is 14.4. The number of carbonyl (C=O) groups excluding carboxylic acids is 1. The highest BCUT2D eigenvalue weighted by molar-refractivity contribution is 7.14. The predicted molar refractivity (Wildman–Crippen MR) is 93.3 cm³/mol. The van der Waals surface area contributed by atoms with E-state index in [1.165, 1.54) is 49.0 Å². The minimum atomic E-state index is 0. The first kappa shape index (κ1) is 16.3. The van der Waals surface area contributed by atoms with Crippen molar-refractivity contribution in [1.29, 1.82) is 0 Å². The molecule has 0 radical (unpaired) electrons. The van der Waals surface area contributed by atoms with Crippen LogP contribution in [-0.4, -0.2) is 36.0 Å². The van der Waals surface area contributed by atoms with Crippen LogP contribution >= 0.6 is 23.7 Å². The molecule has 2 saturated heterocycles.